The summed E-state index contributed by atoms with van der Waals surface area (Å²) >= 11 is 5.99. The maximum Gasteiger partial charge on any atom is 0.0535 e. The fraction of sp³-hybridized carbons (Fsp3) is 0.200. The molecule has 0 bridgehead atoms. The lowest BCUT2D eigenvalue weighted by Gasteiger charge is -2.15. The van der Waals surface area contributed by atoms with Crippen molar-refractivity contribution in [3.63, 3.8) is 0 Å². The van der Waals surface area contributed by atoms with E-state index in [0.29, 0.717) is 0 Å². The predicted octanol–water partition coefficient (Wildman–Crippen LogP) is 3.90. The van der Waals surface area contributed by atoms with Gasteiger partial charge in [0, 0.05) is 16.8 Å². The third-order valence-corrected chi connectivity index (χ3v) is 3.66. The molecule has 2 atom stereocenters. The van der Waals surface area contributed by atoms with Gasteiger partial charge in [0.2, 0.25) is 0 Å². The minimum Gasteiger partial charge on any atom is -0.378 e. The zero-order valence-corrected chi connectivity index (χ0v) is 10.7. The van der Waals surface area contributed by atoms with Gasteiger partial charge in [-0.05, 0) is 35.7 Å². The third kappa shape index (κ3) is 2.09. The Balaban J connectivity index is 1.87. The molecule has 1 aliphatic rings. The molecule has 3 heteroatoms. The monoisotopic (exact) mass is 258 g/mol. The molecule has 0 saturated carbocycles. The molecule has 3 rings (SSSR count). The van der Waals surface area contributed by atoms with E-state index in [1.54, 1.807) is 0 Å². The average Bonchev–Trinajstić information content (AvgIpc) is 2.67. The van der Waals surface area contributed by atoms with Crippen molar-refractivity contribution < 1.29 is 0 Å². The number of halogens is 1. The second-order valence-electron chi connectivity index (χ2n) is 4.68. The summed E-state index contributed by atoms with van der Waals surface area (Å²) in [6.45, 7) is 0. The van der Waals surface area contributed by atoms with Crippen molar-refractivity contribution in [1.82, 2.24) is 0 Å². The molecule has 2 aromatic rings. The summed E-state index contributed by atoms with van der Waals surface area (Å²) in [7, 11) is 0. The van der Waals surface area contributed by atoms with Crippen LogP contribution in [0.3, 0.4) is 0 Å². The number of anilines is 1. The topological polar surface area (TPSA) is 38.0 Å². The second-order valence-corrected chi connectivity index (χ2v) is 5.11. The highest BCUT2D eigenvalue weighted by Crippen LogP contribution is 2.39. The molecule has 1 aliphatic carbocycles. The summed E-state index contributed by atoms with van der Waals surface area (Å²) in [5, 5.41) is 4.25. The van der Waals surface area contributed by atoms with Crippen LogP contribution in [-0.2, 0) is 0 Å². The lowest BCUT2D eigenvalue weighted by molar-refractivity contribution is 0.648. The predicted molar refractivity (Wildman–Crippen MR) is 75.8 cm³/mol. The summed E-state index contributed by atoms with van der Waals surface area (Å²) in [5.74, 6) is 0. The quantitative estimate of drug-likeness (QED) is 0.858. The van der Waals surface area contributed by atoms with Gasteiger partial charge < -0.3 is 11.1 Å². The number of fused-ring (bicyclic) bond motifs is 1. The van der Waals surface area contributed by atoms with Crippen LogP contribution in [0.15, 0.2) is 48.5 Å². The van der Waals surface area contributed by atoms with Crippen LogP contribution in [0.1, 0.15) is 29.6 Å². The van der Waals surface area contributed by atoms with E-state index >= 15 is 0 Å². The molecule has 0 amide bonds. The third-order valence-electron chi connectivity index (χ3n) is 3.43. The van der Waals surface area contributed by atoms with Gasteiger partial charge in [0.25, 0.3) is 0 Å². The SMILES string of the molecule is NC1CC(Nc2cccc(Cl)c2)c2ccccc21. The Bertz CT molecular complexity index is 568. The van der Waals surface area contributed by atoms with Gasteiger partial charge >= 0.3 is 0 Å². The van der Waals surface area contributed by atoms with E-state index in [1.165, 1.54) is 11.1 Å². The van der Waals surface area contributed by atoms with E-state index in [9.17, 15) is 0 Å². The van der Waals surface area contributed by atoms with E-state index in [4.69, 9.17) is 17.3 Å². The standard InChI is InChI=1S/C15H15ClN2/c16-10-4-3-5-11(8-10)18-15-9-14(17)12-6-1-2-7-13(12)15/h1-8,14-15,18H,9,17H2. The lowest BCUT2D eigenvalue weighted by Crippen LogP contribution is -2.09. The summed E-state index contributed by atoms with van der Waals surface area (Å²) < 4.78 is 0. The summed E-state index contributed by atoms with van der Waals surface area (Å²) in [6, 6.07) is 16.5. The van der Waals surface area contributed by atoms with Crippen LogP contribution in [0.2, 0.25) is 5.02 Å². The van der Waals surface area contributed by atoms with Crippen LogP contribution in [-0.4, -0.2) is 0 Å². The molecule has 3 N–H and O–H groups in total. The van der Waals surface area contributed by atoms with E-state index < -0.39 is 0 Å². The van der Waals surface area contributed by atoms with Gasteiger partial charge in [0.05, 0.1) is 6.04 Å². The van der Waals surface area contributed by atoms with Crippen LogP contribution < -0.4 is 11.1 Å². The number of hydrogen-bond donors (Lipinski definition) is 2. The van der Waals surface area contributed by atoms with Crippen LogP contribution in [0, 0.1) is 0 Å². The Kier molecular flexibility index (Phi) is 2.98. The number of nitrogens with two attached hydrogens (primary N) is 1. The van der Waals surface area contributed by atoms with E-state index in [-0.39, 0.29) is 12.1 Å². The van der Waals surface area contributed by atoms with Gasteiger partial charge in [-0.25, -0.2) is 0 Å². The average molecular weight is 259 g/mol. The number of benzene rings is 2. The molecule has 2 unspecified atom stereocenters. The highest BCUT2D eigenvalue weighted by molar-refractivity contribution is 6.30. The Morgan fingerprint density at radius 1 is 1.06 bits per heavy atom. The van der Waals surface area contributed by atoms with Crippen LogP contribution in [0.25, 0.3) is 0 Å². The molecule has 0 spiro atoms. The van der Waals surface area contributed by atoms with E-state index in [2.05, 4.69) is 23.5 Å². The highest BCUT2D eigenvalue weighted by atomic mass is 35.5. The van der Waals surface area contributed by atoms with Gasteiger partial charge in [-0.2, -0.15) is 0 Å². The molecule has 2 nitrogen and oxygen atoms in total. The van der Waals surface area contributed by atoms with Crippen molar-refractivity contribution in [3.05, 3.63) is 64.7 Å². The first kappa shape index (κ1) is 11.6. The molecule has 0 saturated heterocycles. The molecule has 0 aromatic heterocycles. The van der Waals surface area contributed by atoms with Gasteiger partial charge in [0.15, 0.2) is 0 Å². The van der Waals surface area contributed by atoms with Crippen LogP contribution in [0.5, 0.6) is 0 Å². The first-order chi connectivity index (χ1) is 8.74. The van der Waals surface area contributed by atoms with Crippen molar-refractivity contribution in [1.29, 1.82) is 0 Å². The van der Waals surface area contributed by atoms with Gasteiger partial charge in [0.1, 0.15) is 0 Å². The molecule has 2 aromatic carbocycles. The number of hydrogen-bond acceptors (Lipinski definition) is 2. The maximum absolute atomic E-state index is 6.15. The summed E-state index contributed by atoms with van der Waals surface area (Å²) in [4.78, 5) is 0. The molecule has 0 radical (unpaired) electrons. The fourth-order valence-corrected chi connectivity index (χ4v) is 2.78. The smallest absolute Gasteiger partial charge is 0.0535 e. The largest absolute Gasteiger partial charge is 0.378 e. The fourth-order valence-electron chi connectivity index (χ4n) is 2.59. The van der Waals surface area contributed by atoms with Crippen molar-refractivity contribution >= 4 is 17.3 Å². The van der Waals surface area contributed by atoms with Gasteiger partial charge in [-0.15, -0.1) is 0 Å². The Morgan fingerprint density at radius 3 is 2.61 bits per heavy atom. The molecule has 0 aliphatic heterocycles. The zero-order chi connectivity index (χ0) is 12.5. The van der Waals surface area contributed by atoms with E-state index in [0.717, 1.165) is 17.1 Å². The van der Waals surface area contributed by atoms with Gasteiger partial charge in [-0.3, -0.25) is 0 Å². The first-order valence-corrected chi connectivity index (χ1v) is 6.48. The molecule has 92 valence electrons. The zero-order valence-electron chi connectivity index (χ0n) is 9.94. The van der Waals surface area contributed by atoms with E-state index in [1.807, 2.05) is 30.3 Å². The molecular weight excluding hydrogens is 244 g/mol. The number of nitrogens with one attached hydrogen (secondary N) is 1. The summed E-state index contributed by atoms with van der Waals surface area (Å²) in [6.07, 6.45) is 0.922. The lowest BCUT2D eigenvalue weighted by atomic mass is 10.1. The van der Waals surface area contributed by atoms with Crippen molar-refractivity contribution in [2.45, 2.75) is 18.5 Å². The second kappa shape index (κ2) is 4.63. The first-order valence-electron chi connectivity index (χ1n) is 6.10. The molecule has 0 heterocycles. The normalized spacial score (nSPS) is 21.7. The molecule has 18 heavy (non-hydrogen) atoms. The minimum atomic E-state index is 0.123. The minimum absolute atomic E-state index is 0.123. The Hall–Kier alpha value is -1.51. The Labute approximate surface area is 112 Å². The van der Waals surface area contributed by atoms with Crippen LogP contribution in [0.4, 0.5) is 5.69 Å². The van der Waals surface area contributed by atoms with Crippen LogP contribution >= 0.6 is 11.6 Å². The Morgan fingerprint density at radius 2 is 1.83 bits per heavy atom. The van der Waals surface area contributed by atoms with Crippen molar-refractivity contribution in [3.8, 4) is 0 Å². The molecule has 0 fully saturated rings. The van der Waals surface area contributed by atoms with Crippen molar-refractivity contribution in [2.24, 2.45) is 5.73 Å². The summed E-state index contributed by atoms with van der Waals surface area (Å²) in [5.41, 5.74) is 9.74. The molecular formula is C15H15ClN2. The van der Waals surface area contributed by atoms with Gasteiger partial charge in [-0.1, -0.05) is 41.9 Å². The van der Waals surface area contributed by atoms with Crippen molar-refractivity contribution in [2.75, 3.05) is 5.32 Å². The highest BCUT2D eigenvalue weighted by Gasteiger charge is 2.27. The maximum atomic E-state index is 6.15. The number of rotatable bonds is 2.